The van der Waals surface area contributed by atoms with Gasteiger partial charge in [0.05, 0.1) is 6.61 Å². The molecule has 0 spiro atoms. The molecule has 0 aliphatic heterocycles. The van der Waals surface area contributed by atoms with E-state index in [0.717, 1.165) is 0 Å². The molecule has 0 aromatic heterocycles. The fourth-order valence-corrected chi connectivity index (χ4v) is 1.03. The number of hydrazine groups is 1. The second-order valence-corrected chi connectivity index (χ2v) is 4.38. The van der Waals surface area contributed by atoms with Crippen molar-refractivity contribution in [2.24, 2.45) is 5.41 Å². The van der Waals surface area contributed by atoms with Crippen LogP contribution in [0, 0.1) is 5.41 Å². The van der Waals surface area contributed by atoms with Crippen LogP contribution in [0.15, 0.2) is 0 Å². The maximum Gasteiger partial charge on any atom is 0.325 e. The highest BCUT2D eigenvalue weighted by atomic mass is 16.5. The van der Waals surface area contributed by atoms with Gasteiger partial charge in [0, 0.05) is 6.92 Å². The summed E-state index contributed by atoms with van der Waals surface area (Å²) in [6.07, 6.45) is 0. The summed E-state index contributed by atoms with van der Waals surface area (Å²) in [6, 6.07) is -0.554. The Bertz CT molecular complexity index is 233. The molecule has 0 bridgehead atoms. The van der Waals surface area contributed by atoms with Crippen molar-refractivity contribution in [3.63, 3.8) is 0 Å². The van der Waals surface area contributed by atoms with E-state index in [-0.39, 0.29) is 17.3 Å². The number of hydrogen-bond acceptors (Lipinski definition) is 4. The fourth-order valence-electron chi connectivity index (χ4n) is 1.03. The van der Waals surface area contributed by atoms with E-state index in [0.29, 0.717) is 6.61 Å². The number of nitrogens with one attached hydrogen (secondary N) is 2. The minimum atomic E-state index is -0.554. The Morgan fingerprint density at radius 1 is 1.33 bits per heavy atom. The fraction of sp³-hybridized carbons (Fsp3) is 0.800. The highest BCUT2D eigenvalue weighted by Crippen LogP contribution is 2.19. The molecule has 1 unspecified atom stereocenters. The molecule has 15 heavy (non-hydrogen) atoms. The van der Waals surface area contributed by atoms with Gasteiger partial charge in [0.2, 0.25) is 5.91 Å². The lowest BCUT2D eigenvalue weighted by atomic mass is 9.87. The summed E-state index contributed by atoms with van der Waals surface area (Å²) in [5.74, 6) is -0.604. The summed E-state index contributed by atoms with van der Waals surface area (Å²) in [5, 5.41) is 0. The molecule has 88 valence electrons. The topological polar surface area (TPSA) is 67.4 Å². The first kappa shape index (κ1) is 13.9. The SMILES string of the molecule is CCOC(=O)C(NNC(C)=O)C(C)(C)C. The van der Waals surface area contributed by atoms with E-state index < -0.39 is 6.04 Å². The Labute approximate surface area is 90.5 Å². The number of hydrogen-bond donors (Lipinski definition) is 2. The average molecular weight is 216 g/mol. The molecular formula is C10H20N2O3. The molecule has 0 aromatic rings. The molecule has 0 saturated carbocycles. The molecule has 0 radical (unpaired) electrons. The maximum absolute atomic E-state index is 11.6. The van der Waals surface area contributed by atoms with Crippen LogP contribution in [-0.2, 0) is 14.3 Å². The van der Waals surface area contributed by atoms with Gasteiger partial charge in [-0.3, -0.25) is 15.0 Å². The van der Waals surface area contributed by atoms with Gasteiger partial charge in [-0.25, -0.2) is 5.43 Å². The quantitative estimate of drug-likeness (QED) is 0.533. The third-order valence-electron chi connectivity index (χ3n) is 1.78. The van der Waals surface area contributed by atoms with Gasteiger partial charge in [0.25, 0.3) is 0 Å². The summed E-state index contributed by atoms with van der Waals surface area (Å²) in [5.41, 5.74) is 4.75. The van der Waals surface area contributed by atoms with Gasteiger partial charge in [-0.2, -0.15) is 0 Å². The Morgan fingerprint density at radius 2 is 1.87 bits per heavy atom. The molecule has 0 saturated heterocycles. The van der Waals surface area contributed by atoms with Crippen LogP contribution >= 0.6 is 0 Å². The lowest BCUT2D eigenvalue weighted by Gasteiger charge is -2.29. The third kappa shape index (κ3) is 5.37. The summed E-state index contributed by atoms with van der Waals surface area (Å²) >= 11 is 0. The van der Waals surface area contributed by atoms with Crippen LogP contribution in [0.1, 0.15) is 34.6 Å². The van der Waals surface area contributed by atoms with Crippen molar-refractivity contribution in [2.75, 3.05) is 6.61 Å². The van der Waals surface area contributed by atoms with Crippen LogP contribution in [0.3, 0.4) is 0 Å². The molecule has 0 aromatic carbocycles. The molecule has 2 N–H and O–H groups in total. The number of carbonyl (C=O) groups is 2. The maximum atomic E-state index is 11.6. The molecule has 0 heterocycles. The van der Waals surface area contributed by atoms with Crippen LogP contribution in [0.25, 0.3) is 0 Å². The summed E-state index contributed by atoms with van der Waals surface area (Å²) in [7, 11) is 0. The third-order valence-corrected chi connectivity index (χ3v) is 1.78. The predicted molar refractivity (Wildman–Crippen MR) is 56.8 cm³/mol. The number of amides is 1. The van der Waals surface area contributed by atoms with Crippen molar-refractivity contribution < 1.29 is 14.3 Å². The highest BCUT2D eigenvalue weighted by Gasteiger charge is 2.32. The highest BCUT2D eigenvalue weighted by molar-refractivity contribution is 5.78. The zero-order chi connectivity index (χ0) is 12.1. The normalized spacial score (nSPS) is 13.1. The van der Waals surface area contributed by atoms with Crippen molar-refractivity contribution in [1.82, 2.24) is 10.9 Å². The zero-order valence-corrected chi connectivity index (χ0v) is 10.0. The molecule has 0 fully saturated rings. The minimum Gasteiger partial charge on any atom is -0.465 e. The van der Waals surface area contributed by atoms with Crippen molar-refractivity contribution in [1.29, 1.82) is 0 Å². The van der Waals surface area contributed by atoms with E-state index in [4.69, 9.17) is 4.74 Å². The Balaban J connectivity index is 4.45. The summed E-state index contributed by atoms with van der Waals surface area (Å²) < 4.78 is 4.91. The van der Waals surface area contributed by atoms with E-state index in [1.54, 1.807) is 6.92 Å². The first-order valence-electron chi connectivity index (χ1n) is 4.97. The Morgan fingerprint density at radius 3 is 2.20 bits per heavy atom. The van der Waals surface area contributed by atoms with Gasteiger partial charge < -0.3 is 4.74 Å². The number of rotatable bonds is 4. The molecule has 5 heteroatoms. The van der Waals surface area contributed by atoms with Crippen LogP contribution < -0.4 is 10.9 Å². The van der Waals surface area contributed by atoms with Gasteiger partial charge in [-0.15, -0.1) is 0 Å². The molecule has 0 aliphatic carbocycles. The lowest BCUT2D eigenvalue weighted by Crippen LogP contribution is -2.54. The number of ether oxygens (including phenoxy) is 1. The molecule has 0 rings (SSSR count). The van der Waals surface area contributed by atoms with Crippen LogP contribution in [0.4, 0.5) is 0 Å². The first-order valence-corrected chi connectivity index (χ1v) is 4.97. The van der Waals surface area contributed by atoms with Crippen LogP contribution in [0.5, 0.6) is 0 Å². The smallest absolute Gasteiger partial charge is 0.325 e. The van der Waals surface area contributed by atoms with Crippen LogP contribution in [-0.4, -0.2) is 24.5 Å². The van der Waals surface area contributed by atoms with Crippen molar-refractivity contribution in [3.8, 4) is 0 Å². The van der Waals surface area contributed by atoms with Gasteiger partial charge >= 0.3 is 5.97 Å². The zero-order valence-electron chi connectivity index (χ0n) is 10.0. The summed E-state index contributed by atoms with van der Waals surface area (Å²) in [6.45, 7) is 9.12. The first-order chi connectivity index (χ1) is 6.79. The minimum absolute atomic E-state index is 0.242. The van der Waals surface area contributed by atoms with Crippen molar-refractivity contribution in [3.05, 3.63) is 0 Å². The predicted octanol–water partition coefficient (Wildman–Crippen LogP) is 0.605. The molecule has 1 amide bonds. The van der Waals surface area contributed by atoms with E-state index in [9.17, 15) is 9.59 Å². The Hall–Kier alpha value is -1.10. The standard InChI is InChI=1S/C10H20N2O3/c1-6-15-9(14)8(10(3,4)5)12-11-7(2)13/h8,12H,6H2,1-5H3,(H,11,13). The van der Waals surface area contributed by atoms with Gasteiger partial charge in [-0.05, 0) is 12.3 Å². The van der Waals surface area contributed by atoms with Crippen molar-refractivity contribution >= 4 is 11.9 Å². The van der Waals surface area contributed by atoms with Gasteiger partial charge in [-0.1, -0.05) is 20.8 Å². The monoisotopic (exact) mass is 216 g/mol. The average Bonchev–Trinajstić information content (AvgIpc) is 2.01. The van der Waals surface area contributed by atoms with Crippen LogP contribution in [0.2, 0.25) is 0 Å². The Kier molecular flexibility index (Phi) is 5.28. The van der Waals surface area contributed by atoms with Gasteiger partial charge in [0.1, 0.15) is 6.04 Å². The molecule has 1 atom stereocenters. The number of carbonyl (C=O) groups excluding carboxylic acids is 2. The van der Waals surface area contributed by atoms with Crippen molar-refractivity contribution in [2.45, 2.75) is 40.7 Å². The summed E-state index contributed by atoms with van der Waals surface area (Å²) in [4.78, 5) is 22.3. The number of esters is 1. The molecule has 0 aliphatic rings. The largest absolute Gasteiger partial charge is 0.465 e. The molecule has 5 nitrogen and oxygen atoms in total. The van der Waals surface area contributed by atoms with Gasteiger partial charge in [0.15, 0.2) is 0 Å². The second-order valence-electron chi connectivity index (χ2n) is 4.38. The lowest BCUT2D eigenvalue weighted by molar-refractivity contribution is -0.149. The van der Waals surface area contributed by atoms with E-state index in [1.165, 1.54) is 6.92 Å². The van der Waals surface area contributed by atoms with E-state index in [2.05, 4.69) is 10.9 Å². The second kappa shape index (κ2) is 5.70. The van der Waals surface area contributed by atoms with E-state index >= 15 is 0 Å². The molecular weight excluding hydrogens is 196 g/mol. The van der Waals surface area contributed by atoms with E-state index in [1.807, 2.05) is 20.8 Å².